The molecule has 4 N–H and O–H groups in total. The van der Waals surface area contributed by atoms with Gasteiger partial charge in [0.15, 0.2) is 0 Å². The summed E-state index contributed by atoms with van der Waals surface area (Å²) in [5.74, 6) is -0.891. The number of benzene rings is 1. The van der Waals surface area contributed by atoms with Gasteiger partial charge in [-0.15, -0.1) is 22.7 Å². The molecule has 0 aliphatic carbocycles. The number of hydrogen-bond donors (Lipinski definition) is 4. The monoisotopic (exact) mass is 480 g/mol. The highest BCUT2D eigenvalue weighted by Crippen LogP contribution is 2.33. The number of carbonyl (C=O) groups excluding carboxylic acids is 2. The molecule has 0 radical (unpaired) electrons. The average molecular weight is 481 g/mol. The van der Waals surface area contributed by atoms with E-state index in [9.17, 15) is 14.4 Å². The van der Waals surface area contributed by atoms with Gasteiger partial charge < -0.3 is 0 Å². The Labute approximate surface area is 196 Å². The zero-order valence-corrected chi connectivity index (χ0v) is 18.9. The Balaban J connectivity index is 1.21. The fourth-order valence-electron chi connectivity index (χ4n) is 3.74. The van der Waals surface area contributed by atoms with Crippen molar-refractivity contribution in [2.24, 2.45) is 0 Å². The van der Waals surface area contributed by atoms with Crippen LogP contribution in [-0.4, -0.2) is 27.4 Å². The van der Waals surface area contributed by atoms with Crippen molar-refractivity contribution < 1.29 is 9.59 Å². The van der Waals surface area contributed by atoms with Crippen LogP contribution < -0.4 is 27.3 Å². The number of aromatic nitrogens is 2. The van der Waals surface area contributed by atoms with Crippen molar-refractivity contribution in [2.45, 2.75) is 25.0 Å². The van der Waals surface area contributed by atoms with Crippen LogP contribution >= 0.6 is 22.7 Å². The Morgan fingerprint density at radius 3 is 2.73 bits per heavy atom. The number of hydrazine groups is 2. The standard InChI is InChI=1S/C22H20N6O3S2/c29-18(26-27-20(30)16-9-15(24-25-16)13-5-2-1-3-6-13)10-28-12-23-21-19(22(28)31)14(11-33-21)17-7-4-8-32-17/h1-8,11-12,15-16,24-25H,9-10H2,(H,26,29)(H,27,30). The minimum absolute atomic E-state index is 0.00261. The molecule has 4 aromatic rings. The van der Waals surface area contributed by atoms with E-state index >= 15 is 0 Å². The molecular formula is C22H20N6O3S2. The van der Waals surface area contributed by atoms with Crippen LogP contribution in [0.4, 0.5) is 0 Å². The highest BCUT2D eigenvalue weighted by molar-refractivity contribution is 7.18. The molecule has 2 unspecified atom stereocenters. The molecule has 1 fully saturated rings. The summed E-state index contributed by atoms with van der Waals surface area (Å²) in [5, 5.41) is 4.34. The maximum absolute atomic E-state index is 13.0. The average Bonchev–Trinajstić information content (AvgIpc) is 3.60. The smallest absolute Gasteiger partial charge is 0.263 e. The van der Waals surface area contributed by atoms with Crippen molar-refractivity contribution in [1.29, 1.82) is 0 Å². The predicted molar refractivity (Wildman–Crippen MR) is 127 cm³/mol. The Hall–Kier alpha value is -3.38. The van der Waals surface area contributed by atoms with Crippen molar-refractivity contribution in [3.63, 3.8) is 0 Å². The molecule has 1 aliphatic rings. The molecule has 5 rings (SSSR count). The molecule has 4 heterocycles. The summed E-state index contributed by atoms with van der Waals surface area (Å²) < 4.78 is 1.24. The lowest BCUT2D eigenvalue weighted by molar-refractivity contribution is -0.130. The molecule has 11 heteroatoms. The van der Waals surface area contributed by atoms with E-state index < -0.39 is 11.9 Å². The van der Waals surface area contributed by atoms with Crippen LogP contribution in [0.25, 0.3) is 20.7 Å². The molecule has 168 valence electrons. The van der Waals surface area contributed by atoms with Gasteiger partial charge in [-0.1, -0.05) is 36.4 Å². The number of rotatable bonds is 5. The summed E-state index contributed by atoms with van der Waals surface area (Å²) in [5.41, 5.74) is 12.5. The first-order chi connectivity index (χ1) is 16.1. The number of hydrogen-bond acceptors (Lipinski definition) is 8. The van der Waals surface area contributed by atoms with E-state index in [-0.39, 0.29) is 24.1 Å². The van der Waals surface area contributed by atoms with Crippen molar-refractivity contribution in [3.8, 4) is 10.4 Å². The van der Waals surface area contributed by atoms with Gasteiger partial charge in [-0.3, -0.25) is 29.8 Å². The molecule has 3 aromatic heterocycles. The molecule has 33 heavy (non-hydrogen) atoms. The first-order valence-electron chi connectivity index (χ1n) is 10.3. The molecular weight excluding hydrogens is 460 g/mol. The van der Waals surface area contributed by atoms with Gasteiger partial charge >= 0.3 is 0 Å². The third-order valence-corrected chi connectivity index (χ3v) is 7.20. The first kappa shape index (κ1) is 21.5. The molecule has 1 aromatic carbocycles. The van der Waals surface area contributed by atoms with Crippen LogP contribution in [0.2, 0.25) is 0 Å². The van der Waals surface area contributed by atoms with Crippen LogP contribution in [-0.2, 0) is 16.1 Å². The molecule has 2 amide bonds. The van der Waals surface area contributed by atoms with E-state index in [0.717, 1.165) is 16.0 Å². The zero-order valence-electron chi connectivity index (χ0n) is 17.3. The molecule has 1 aliphatic heterocycles. The second kappa shape index (κ2) is 9.24. The maximum atomic E-state index is 13.0. The summed E-state index contributed by atoms with van der Waals surface area (Å²) in [7, 11) is 0. The van der Waals surface area contributed by atoms with Gasteiger partial charge in [0, 0.05) is 21.9 Å². The van der Waals surface area contributed by atoms with Crippen LogP contribution in [0.5, 0.6) is 0 Å². The molecule has 2 atom stereocenters. The zero-order chi connectivity index (χ0) is 22.8. The number of nitrogens with one attached hydrogen (secondary N) is 4. The number of nitrogens with zero attached hydrogens (tertiary/aromatic N) is 2. The van der Waals surface area contributed by atoms with E-state index in [4.69, 9.17) is 0 Å². The number of fused-ring (bicyclic) bond motifs is 1. The van der Waals surface area contributed by atoms with E-state index in [1.165, 1.54) is 33.6 Å². The van der Waals surface area contributed by atoms with Gasteiger partial charge in [-0.2, -0.15) is 0 Å². The van der Waals surface area contributed by atoms with Gasteiger partial charge in [0.25, 0.3) is 17.4 Å². The Morgan fingerprint density at radius 1 is 1.09 bits per heavy atom. The van der Waals surface area contributed by atoms with Crippen molar-refractivity contribution >= 4 is 44.7 Å². The van der Waals surface area contributed by atoms with Gasteiger partial charge in [0.1, 0.15) is 17.4 Å². The fraction of sp³-hybridized carbons (Fsp3) is 0.182. The van der Waals surface area contributed by atoms with Crippen molar-refractivity contribution in [1.82, 2.24) is 31.3 Å². The van der Waals surface area contributed by atoms with Crippen LogP contribution in [0.15, 0.2) is 64.3 Å². The molecule has 0 bridgehead atoms. The lowest BCUT2D eigenvalue weighted by atomic mass is 10.0. The minimum Gasteiger partial charge on any atom is -0.289 e. The van der Waals surface area contributed by atoms with Gasteiger partial charge in [0.2, 0.25) is 0 Å². The minimum atomic E-state index is -0.523. The lowest BCUT2D eigenvalue weighted by Gasteiger charge is -2.12. The van der Waals surface area contributed by atoms with Gasteiger partial charge in [-0.05, 0) is 23.4 Å². The molecule has 0 spiro atoms. The van der Waals surface area contributed by atoms with Crippen LogP contribution in [0, 0.1) is 0 Å². The second-order valence-electron chi connectivity index (χ2n) is 7.56. The van der Waals surface area contributed by atoms with Crippen molar-refractivity contribution in [3.05, 3.63) is 75.5 Å². The van der Waals surface area contributed by atoms with Gasteiger partial charge in [0.05, 0.1) is 11.7 Å². The Bertz CT molecular complexity index is 1350. The summed E-state index contributed by atoms with van der Waals surface area (Å²) >= 11 is 2.93. The second-order valence-corrected chi connectivity index (χ2v) is 9.37. The number of thiophene rings is 2. The summed E-state index contributed by atoms with van der Waals surface area (Å²) in [6.45, 7) is -0.259. The predicted octanol–water partition coefficient (Wildman–Crippen LogP) is 1.94. The molecule has 9 nitrogen and oxygen atoms in total. The quantitative estimate of drug-likeness (QED) is 0.325. The highest BCUT2D eigenvalue weighted by Gasteiger charge is 2.30. The summed E-state index contributed by atoms with van der Waals surface area (Å²) in [4.78, 5) is 43.8. The van der Waals surface area contributed by atoms with E-state index in [1.807, 2.05) is 53.2 Å². The van der Waals surface area contributed by atoms with Gasteiger partial charge in [-0.25, -0.2) is 15.8 Å². The normalized spacial score (nSPS) is 17.8. The lowest BCUT2D eigenvalue weighted by Crippen LogP contribution is -2.51. The summed E-state index contributed by atoms with van der Waals surface area (Å²) in [6.07, 6.45) is 1.89. The molecule has 0 saturated carbocycles. The molecule has 1 saturated heterocycles. The third kappa shape index (κ3) is 4.44. The SMILES string of the molecule is O=C(Cn1cnc2scc(-c3cccs3)c2c1=O)NNC(=O)C1CC(c2ccccc2)NN1. The first-order valence-corrected chi connectivity index (χ1v) is 12.0. The fourth-order valence-corrected chi connectivity index (χ4v) is 5.46. The maximum Gasteiger partial charge on any atom is 0.263 e. The van der Waals surface area contributed by atoms with E-state index in [1.54, 1.807) is 0 Å². The largest absolute Gasteiger partial charge is 0.289 e. The van der Waals surface area contributed by atoms with E-state index in [2.05, 4.69) is 26.7 Å². The van der Waals surface area contributed by atoms with Crippen molar-refractivity contribution in [2.75, 3.05) is 0 Å². The number of carbonyl (C=O) groups is 2. The van der Waals surface area contributed by atoms with E-state index in [0.29, 0.717) is 16.6 Å². The van der Waals surface area contributed by atoms with Crippen LogP contribution in [0.3, 0.4) is 0 Å². The third-order valence-electron chi connectivity index (χ3n) is 5.41. The Kier molecular flexibility index (Phi) is 6.01. The highest BCUT2D eigenvalue weighted by atomic mass is 32.1. The Morgan fingerprint density at radius 2 is 1.94 bits per heavy atom. The number of amides is 2. The summed E-state index contributed by atoms with van der Waals surface area (Å²) in [6, 6.07) is 13.2. The van der Waals surface area contributed by atoms with Crippen LogP contribution in [0.1, 0.15) is 18.0 Å². The topological polar surface area (TPSA) is 117 Å².